The van der Waals surface area contributed by atoms with Crippen LogP contribution in [0.25, 0.3) is 5.69 Å². The molecule has 18 heavy (non-hydrogen) atoms. The highest BCUT2D eigenvalue weighted by atomic mass is 79.9. The SMILES string of the molecule is Fc1cccc(-n2ncc(CBr)c2C(F)(F)F)c1. The Morgan fingerprint density at radius 2 is 2.00 bits per heavy atom. The molecule has 1 heterocycles. The first-order chi connectivity index (χ1) is 8.43. The Hall–Kier alpha value is -1.37. The Morgan fingerprint density at radius 1 is 1.28 bits per heavy atom. The first-order valence-electron chi connectivity index (χ1n) is 4.89. The number of nitrogens with zero attached hydrogens (tertiary/aromatic N) is 2. The molecule has 1 aromatic carbocycles. The summed E-state index contributed by atoms with van der Waals surface area (Å²) in [5.41, 5.74) is -0.855. The van der Waals surface area contributed by atoms with Crippen LogP contribution in [0.4, 0.5) is 17.6 Å². The quantitative estimate of drug-likeness (QED) is 0.605. The maximum Gasteiger partial charge on any atom is 0.433 e. The molecule has 0 bridgehead atoms. The van der Waals surface area contributed by atoms with Crippen LogP contribution in [0.3, 0.4) is 0 Å². The van der Waals surface area contributed by atoms with Gasteiger partial charge < -0.3 is 0 Å². The fourth-order valence-electron chi connectivity index (χ4n) is 1.59. The molecule has 0 amide bonds. The average Bonchev–Trinajstić information content (AvgIpc) is 2.72. The first-order valence-corrected chi connectivity index (χ1v) is 6.01. The number of hydrogen-bond donors (Lipinski definition) is 0. The van der Waals surface area contributed by atoms with Gasteiger partial charge in [-0.1, -0.05) is 22.0 Å². The maximum atomic E-state index is 13.0. The van der Waals surface area contributed by atoms with Crippen LogP contribution in [-0.2, 0) is 11.5 Å². The summed E-state index contributed by atoms with van der Waals surface area (Å²) in [6.07, 6.45) is -3.44. The number of hydrogen-bond acceptors (Lipinski definition) is 1. The van der Waals surface area contributed by atoms with E-state index in [1.54, 1.807) is 0 Å². The summed E-state index contributed by atoms with van der Waals surface area (Å²) >= 11 is 2.97. The minimum absolute atomic E-state index is 0.00626. The van der Waals surface area contributed by atoms with Crippen molar-refractivity contribution in [3.05, 3.63) is 47.5 Å². The lowest BCUT2D eigenvalue weighted by molar-refractivity contribution is -0.143. The van der Waals surface area contributed by atoms with Crippen molar-refractivity contribution in [1.82, 2.24) is 9.78 Å². The molecule has 0 fully saturated rings. The minimum Gasteiger partial charge on any atom is -0.228 e. The van der Waals surface area contributed by atoms with E-state index in [9.17, 15) is 17.6 Å². The number of alkyl halides is 4. The third-order valence-corrected chi connectivity index (χ3v) is 2.91. The predicted octanol–water partition coefficient (Wildman–Crippen LogP) is 3.93. The highest BCUT2D eigenvalue weighted by molar-refractivity contribution is 9.08. The molecule has 0 saturated heterocycles. The summed E-state index contributed by atoms with van der Waals surface area (Å²) in [5.74, 6) is -0.614. The van der Waals surface area contributed by atoms with E-state index in [2.05, 4.69) is 21.0 Å². The van der Waals surface area contributed by atoms with Crippen LogP contribution >= 0.6 is 15.9 Å². The molecule has 0 N–H and O–H groups in total. The molecule has 0 saturated carbocycles. The van der Waals surface area contributed by atoms with Crippen molar-refractivity contribution in [3.8, 4) is 5.69 Å². The van der Waals surface area contributed by atoms with E-state index in [-0.39, 0.29) is 16.6 Å². The fraction of sp³-hybridized carbons (Fsp3) is 0.182. The molecule has 0 unspecified atom stereocenters. The van der Waals surface area contributed by atoms with Crippen molar-refractivity contribution in [2.24, 2.45) is 0 Å². The van der Waals surface area contributed by atoms with E-state index in [0.717, 1.165) is 18.3 Å². The molecule has 7 heteroatoms. The van der Waals surface area contributed by atoms with Gasteiger partial charge in [-0.2, -0.15) is 18.3 Å². The molecule has 0 aliphatic heterocycles. The molecule has 0 atom stereocenters. The molecule has 0 spiro atoms. The van der Waals surface area contributed by atoms with Crippen molar-refractivity contribution in [3.63, 3.8) is 0 Å². The molecular formula is C11H7BrF4N2. The van der Waals surface area contributed by atoms with Gasteiger partial charge in [0.15, 0.2) is 5.69 Å². The van der Waals surface area contributed by atoms with Gasteiger partial charge in [-0.3, -0.25) is 0 Å². The molecule has 96 valence electrons. The van der Waals surface area contributed by atoms with Crippen LogP contribution in [0.5, 0.6) is 0 Å². The molecule has 2 rings (SSSR count). The second-order valence-electron chi connectivity index (χ2n) is 3.54. The standard InChI is InChI=1S/C11H7BrF4N2/c12-5-7-6-17-18(10(7)11(14,15)16)9-3-1-2-8(13)4-9/h1-4,6H,5H2. The van der Waals surface area contributed by atoms with E-state index in [0.29, 0.717) is 4.68 Å². The smallest absolute Gasteiger partial charge is 0.228 e. The third kappa shape index (κ3) is 2.40. The second-order valence-corrected chi connectivity index (χ2v) is 4.10. The third-order valence-electron chi connectivity index (χ3n) is 2.31. The Labute approximate surface area is 108 Å². The van der Waals surface area contributed by atoms with Crippen molar-refractivity contribution < 1.29 is 17.6 Å². The lowest BCUT2D eigenvalue weighted by Crippen LogP contribution is -2.15. The van der Waals surface area contributed by atoms with Crippen molar-refractivity contribution in [2.45, 2.75) is 11.5 Å². The minimum atomic E-state index is -4.55. The van der Waals surface area contributed by atoms with E-state index >= 15 is 0 Å². The highest BCUT2D eigenvalue weighted by Gasteiger charge is 2.38. The van der Waals surface area contributed by atoms with Crippen molar-refractivity contribution in [1.29, 1.82) is 0 Å². The van der Waals surface area contributed by atoms with E-state index in [1.807, 2.05) is 0 Å². The predicted molar refractivity (Wildman–Crippen MR) is 61.2 cm³/mol. The molecular weight excluding hydrogens is 316 g/mol. The van der Waals surface area contributed by atoms with Gasteiger partial charge in [-0.05, 0) is 18.2 Å². The van der Waals surface area contributed by atoms with E-state index in [1.165, 1.54) is 12.1 Å². The lowest BCUT2D eigenvalue weighted by atomic mass is 10.2. The van der Waals surface area contributed by atoms with Gasteiger partial charge >= 0.3 is 6.18 Å². The molecule has 0 radical (unpaired) electrons. The van der Waals surface area contributed by atoms with Gasteiger partial charge in [0.25, 0.3) is 0 Å². The van der Waals surface area contributed by atoms with Crippen LogP contribution in [0.15, 0.2) is 30.5 Å². The molecule has 1 aromatic heterocycles. The largest absolute Gasteiger partial charge is 0.433 e. The van der Waals surface area contributed by atoms with Crippen LogP contribution in [0, 0.1) is 5.82 Å². The van der Waals surface area contributed by atoms with Crippen LogP contribution in [-0.4, -0.2) is 9.78 Å². The van der Waals surface area contributed by atoms with Gasteiger partial charge in [0, 0.05) is 10.9 Å². The zero-order chi connectivity index (χ0) is 13.3. The van der Waals surface area contributed by atoms with E-state index < -0.39 is 17.7 Å². The Morgan fingerprint density at radius 3 is 2.56 bits per heavy atom. The first kappa shape index (κ1) is 13.1. The Balaban J connectivity index is 2.62. The molecule has 2 nitrogen and oxygen atoms in total. The zero-order valence-electron chi connectivity index (χ0n) is 8.88. The van der Waals surface area contributed by atoms with Crippen LogP contribution in [0.2, 0.25) is 0 Å². The molecule has 2 aromatic rings. The number of aromatic nitrogens is 2. The van der Waals surface area contributed by atoms with Crippen molar-refractivity contribution in [2.75, 3.05) is 0 Å². The highest BCUT2D eigenvalue weighted by Crippen LogP contribution is 2.34. The summed E-state index contributed by atoms with van der Waals surface area (Å²) in [5, 5.41) is 3.69. The number of benzene rings is 1. The van der Waals surface area contributed by atoms with Gasteiger partial charge in [0.1, 0.15) is 5.82 Å². The second kappa shape index (κ2) is 4.72. The maximum absolute atomic E-state index is 13.0. The number of rotatable bonds is 2. The normalized spacial score (nSPS) is 11.8. The Kier molecular flexibility index (Phi) is 3.43. The van der Waals surface area contributed by atoms with Crippen LogP contribution in [0.1, 0.15) is 11.3 Å². The Bertz CT molecular complexity index is 562. The molecule has 0 aliphatic rings. The van der Waals surface area contributed by atoms with Gasteiger partial charge in [-0.15, -0.1) is 0 Å². The summed E-state index contributed by atoms with van der Waals surface area (Å²) in [6.45, 7) is 0. The fourth-order valence-corrected chi connectivity index (χ4v) is 2.00. The summed E-state index contributed by atoms with van der Waals surface area (Å²) < 4.78 is 52.6. The summed E-state index contributed by atoms with van der Waals surface area (Å²) in [4.78, 5) is 0. The summed E-state index contributed by atoms with van der Waals surface area (Å²) in [7, 11) is 0. The monoisotopic (exact) mass is 322 g/mol. The summed E-state index contributed by atoms with van der Waals surface area (Å²) in [6, 6.07) is 4.86. The van der Waals surface area contributed by atoms with Gasteiger partial charge in [-0.25, -0.2) is 9.07 Å². The zero-order valence-corrected chi connectivity index (χ0v) is 10.5. The van der Waals surface area contributed by atoms with Crippen molar-refractivity contribution >= 4 is 15.9 Å². The topological polar surface area (TPSA) is 17.8 Å². The number of halogens is 5. The average molecular weight is 323 g/mol. The molecule has 0 aliphatic carbocycles. The van der Waals surface area contributed by atoms with Gasteiger partial charge in [0.2, 0.25) is 0 Å². The van der Waals surface area contributed by atoms with Gasteiger partial charge in [0.05, 0.1) is 11.9 Å². The van der Waals surface area contributed by atoms with Crippen LogP contribution < -0.4 is 0 Å². The van der Waals surface area contributed by atoms with E-state index in [4.69, 9.17) is 0 Å². The lowest BCUT2D eigenvalue weighted by Gasteiger charge is -2.12.